The molecule has 2 saturated heterocycles. The fourth-order valence-corrected chi connectivity index (χ4v) is 8.25. The summed E-state index contributed by atoms with van der Waals surface area (Å²) in [6, 6.07) is 6.87. The van der Waals surface area contributed by atoms with Crippen molar-refractivity contribution >= 4 is 69.6 Å². The Morgan fingerprint density at radius 3 is 2.47 bits per heavy atom. The number of rotatable bonds is 3. The molecule has 0 spiro atoms. The van der Waals surface area contributed by atoms with Gasteiger partial charge in [-0.3, -0.25) is 19.2 Å². The second-order valence-corrected chi connectivity index (χ2v) is 12.9. The van der Waals surface area contributed by atoms with Gasteiger partial charge in [-0.15, -0.1) is 0 Å². The number of benzene rings is 2. The molecule has 6 unspecified atom stereocenters. The number of allylic oxidation sites excluding steroid dienone is 2. The summed E-state index contributed by atoms with van der Waals surface area (Å²) in [5.74, 6) is -7.31. The molecule has 5 amide bonds. The molecule has 3 fully saturated rings. The van der Waals surface area contributed by atoms with Gasteiger partial charge in [-0.2, -0.15) is 4.90 Å². The van der Waals surface area contributed by atoms with Crippen molar-refractivity contribution in [3.05, 3.63) is 62.0 Å². The molecule has 13 heteroatoms. The van der Waals surface area contributed by atoms with Crippen molar-refractivity contribution in [2.45, 2.75) is 25.7 Å². The average molecular weight is 723 g/mol. The normalized spacial score (nSPS) is 29.7. The lowest BCUT2D eigenvalue weighted by atomic mass is 9.51. The summed E-state index contributed by atoms with van der Waals surface area (Å²) >= 11 is 7.97. The Morgan fingerprint density at radius 1 is 1.09 bits per heavy atom. The van der Waals surface area contributed by atoms with Gasteiger partial charge in [0, 0.05) is 5.92 Å². The lowest BCUT2D eigenvalue weighted by Crippen LogP contribution is -2.49. The first-order chi connectivity index (χ1) is 20.4. The highest BCUT2D eigenvalue weighted by Gasteiger charge is 2.68. The molecular formula is C30H25ClFIN2O8. The maximum absolute atomic E-state index is 14.4. The van der Waals surface area contributed by atoms with Gasteiger partial charge in [0.15, 0.2) is 11.5 Å². The maximum Gasteiger partial charge on any atom is 0.423 e. The number of hydrogen-bond donors (Lipinski definition) is 1. The molecule has 6 atom stereocenters. The van der Waals surface area contributed by atoms with Crippen LogP contribution in [0.4, 0.5) is 14.9 Å². The Kier molecular flexibility index (Phi) is 7.07. The van der Waals surface area contributed by atoms with Crippen molar-refractivity contribution in [1.29, 1.82) is 0 Å². The molecule has 1 N–H and O–H groups in total. The fraction of sp³-hybridized carbons (Fsp3) is 0.367. The van der Waals surface area contributed by atoms with Crippen LogP contribution in [-0.2, 0) is 23.9 Å². The second kappa shape index (κ2) is 10.3. The highest BCUT2D eigenvalue weighted by Crippen LogP contribution is 2.64. The quantitative estimate of drug-likeness (QED) is 0.272. The zero-order valence-corrected chi connectivity index (χ0v) is 26.0. The van der Waals surface area contributed by atoms with Crippen molar-refractivity contribution in [1.82, 2.24) is 4.90 Å². The summed E-state index contributed by atoms with van der Waals surface area (Å²) in [6.45, 7) is 1.69. The van der Waals surface area contributed by atoms with E-state index in [1.54, 1.807) is 19.1 Å². The standard InChI is InChI=1S/C30H25ClFIN2O8/c1-30-17(26(38)34(28(30)40)13-4-7-19(32)18(31)10-13)11-16-14(23(30)12-8-20(33)24(36)21(9-12)42-2)5-6-15-22(16)27(39)35(25(15)37)29(41)43-3/h4-5,7-10,15-17,22-23,36H,6,11H2,1-3H3. The Labute approximate surface area is 263 Å². The van der Waals surface area contributed by atoms with Gasteiger partial charge >= 0.3 is 6.09 Å². The largest absolute Gasteiger partial charge is 0.504 e. The summed E-state index contributed by atoms with van der Waals surface area (Å²) in [4.78, 5) is 69.3. The summed E-state index contributed by atoms with van der Waals surface area (Å²) in [7, 11) is 2.47. The Morgan fingerprint density at radius 2 is 1.81 bits per heavy atom. The number of aromatic hydroxyl groups is 1. The van der Waals surface area contributed by atoms with E-state index in [2.05, 4.69) is 0 Å². The van der Waals surface area contributed by atoms with Gasteiger partial charge in [-0.05, 0) is 84.2 Å². The van der Waals surface area contributed by atoms with Crippen LogP contribution < -0.4 is 9.64 Å². The molecule has 2 aliphatic carbocycles. The lowest BCUT2D eigenvalue weighted by molar-refractivity contribution is -0.138. The van der Waals surface area contributed by atoms with Gasteiger partial charge < -0.3 is 14.6 Å². The van der Waals surface area contributed by atoms with E-state index in [1.165, 1.54) is 19.2 Å². The molecule has 224 valence electrons. The first-order valence-electron chi connectivity index (χ1n) is 13.4. The number of phenols is 1. The number of carbonyl (C=O) groups excluding carboxylic acids is 5. The molecule has 10 nitrogen and oxygen atoms in total. The topological polar surface area (TPSA) is 131 Å². The predicted octanol–water partition coefficient (Wildman–Crippen LogP) is 4.80. The van der Waals surface area contributed by atoms with Gasteiger partial charge in [0.1, 0.15) is 5.82 Å². The first-order valence-corrected chi connectivity index (χ1v) is 14.9. The summed E-state index contributed by atoms with van der Waals surface area (Å²) in [5.41, 5.74) is -0.0435. The lowest BCUT2D eigenvalue weighted by Gasteiger charge is -2.49. The third-order valence-electron chi connectivity index (χ3n) is 9.40. The van der Waals surface area contributed by atoms with E-state index in [0.717, 1.165) is 18.1 Å². The Balaban J connectivity index is 1.55. The van der Waals surface area contributed by atoms with Gasteiger partial charge in [0.2, 0.25) is 23.6 Å². The van der Waals surface area contributed by atoms with Crippen molar-refractivity contribution in [2.24, 2.45) is 29.1 Å². The molecule has 2 heterocycles. The number of halogens is 3. The number of ether oxygens (including phenoxy) is 2. The molecule has 4 aliphatic rings. The van der Waals surface area contributed by atoms with E-state index in [0.29, 0.717) is 19.6 Å². The zero-order chi connectivity index (χ0) is 31.1. The summed E-state index contributed by atoms with van der Waals surface area (Å²) in [6.07, 6.45) is 0.937. The average Bonchev–Trinajstić information content (AvgIpc) is 3.35. The number of likely N-dealkylation sites (tertiary alicyclic amines) is 1. The van der Waals surface area contributed by atoms with Crippen LogP contribution in [0.5, 0.6) is 11.5 Å². The number of hydrogen-bond acceptors (Lipinski definition) is 8. The maximum atomic E-state index is 14.4. The van der Waals surface area contributed by atoms with Gasteiger partial charge in [-0.25, -0.2) is 14.1 Å². The first kappa shape index (κ1) is 29.5. The van der Waals surface area contributed by atoms with Crippen molar-refractivity contribution in [3.8, 4) is 11.5 Å². The number of methoxy groups -OCH3 is 2. The van der Waals surface area contributed by atoms with Crippen molar-refractivity contribution in [2.75, 3.05) is 19.1 Å². The number of phenolic OH excluding ortho intramolecular Hbond substituents is 1. The zero-order valence-electron chi connectivity index (χ0n) is 23.1. The van der Waals surface area contributed by atoms with Crippen LogP contribution in [0.2, 0.25) is 5.02 Å². The molecule has 0 aromatic heterocycles. The second-order valence-electron chi connectivity index (χ2n) is 11.3. The molecule has 43 heavy (non-hydrogen) atoms. The molecule has 0 radical (unpaired) electrons. The SMILES string of the molecule is COC(=O)N1C(=O)C2CC=C3C(CC4C(=O)N(c5ccc(F)c(Cl)c5)C(=O)C4(C)C3c3cc(I)c(O)c(OC)c3)C2C1=O. The minimum absolute atomic E-state index is 0.0519. The van der Waals surface area contributed by atoms with E-state index in [9.17, 15) is 33.5 Å². The third-order valence-corrected chi connectivity index (χ3v) is 10.5. The van der Waals surface area contributed by atoms with Crippen molar-refractivity contribution < 1.29 is 42.9 Å². The van der Waals surface area contributed by atoms with Crippen LogP contribution >= 0.6 is 34.2 Å². The molecule has 2 aliphatic heterocycles. The molecule has 1 saturated carbocycles. The van der Waals surface area contributed by atoms with E-state index >= 15 is 0 Å². The highest BCUT2D eigenvalue weighted by atomic mass is 127. The van der Waals surface area contributed by atoms with E-state index in [1.807, 2.05) is 28.7 Å². The molecule has 0 bridgehead atoms. The molecular weight excluding hydrogens is 698 g/mol. The minimum atomic E-state index is -1.38. The van der Waals surface area contributed by atoms with E-state index in [4.69, 9.17) is 21.1 Å². The smallest absolute Gasteiger partial charge is 0.423 e. The van der Waals surface area contributed by atoms with Gasteiger partial charge in [-0.1, -0.05) is 23.3 Å². The summed E-state index contributed by atoms with van der Waals surface area (Å²) < 4.78 is 24.6. The fourth-order valence-electron chi connectivity index (χ4n) is 7.45. The van der Waals surface area contributed by atoms with Crippen LogP contribution in [0.3, 0.4) is 0 Å². The number of anilines is 1. The van der Waals surface area contributed by atoms with Gasteiger partial charge in [0.05, 0.1) is 51.7 Å². The highest BCUT2D eigenvalue weighted by molar-refractivity contribution is 14.1. The Bertz CT molecular complexity index is 1680. The monoisotopic (exact) mass is 722 g/mol. The van der Waals surface area contributed by atoms with E-state index in [-0.39, 0.29) is 35.1 Å². The number of amides is 5. The number of nitrogens with zero attached hydrogens (tertiary/aromatic N) is 2. The van der Waals surface area contributed by atoms with Gasteiger partial charge in [0.25, 0.3) is 0 Å². The Hall–Kier alpha value is -3.52. The number of imide groups is 4. The minimum Gasteiger partial charge on any atom is -0.504 e. The number of fused-ring (bicyclic) bond motifs is 4. The summed E-state index contributed by atoms with van der Waals surface area (Å²) in [5, 5.41) is 10.3. The van der Waals surface area contributed by atoms with Crippen LogP contribution in [0.1, 0.15) is 31.2 Å². The molecule has 6 rings (SSSR count). The van der Waals surface area contributed by atoms with Crippen LogP contribution in [0.15, 0.2) is 42.0 Å². The van der Waals surface area contributed by atoms with Crippen molar-refractivity contribution in [3.63, 3.8) is 0 Å². The van der Waals surface area contributed by atoms with Crippen LogP contribution in [-0.4, -0.2) is 53.9 Å². The molecule has 2 aromatic rings. The number of carbonyl (C=O) groups is 5. The van der Waals surface area contributed by atoms with E-state index < -0.39 is 70.5 Å². The third kappa shape index (κ3) is 4.05. The van der Waals surface area contributed by atoms with Crippen LogP contribution in [0, 0.1) is 38.5 Å². The molecule has 2 aromatic carbocycles. The predicted molar refractivity (Wildman–Crippen MR) is 158 cm³/mol. The van der Waals surface area contributed by atoms with Crippen LogP contribution in [0.25, 0.3) is 0 Å².